The second kappa shape index (κ2) is 6.24. The van der Waals surface area contributed by atoms with E-state index < -0.39 is 0 Å². The molecule has 21 heavy (non-hydrogen) atoms. The second-order valence-corrected chi connectivity index (χ2v) is 6.00. The van der Waals surface area contributed by atoms with E-state index in [1.165, 1.54) is 4.70 Å². The molecule has 1 aromatic heterocycles. The molecule has 3 rings (SSSR count). The first-order valence-electron chi connectivity index (χ1n) is 7.04. The van der Waals surface area contributed by atoms with Crippen LogP contribution in [0.25, 0.3) is 20.8 Å². The number of nitrogens with zero attached hydrogens (tertiary/aromatic N) is 1. The maximum atomic E-state index is 6.04. The largest absolute Gasteiger partial charge is 0.489 e. The molecular formula is C17H18N2OS. The van der Waals surface area contributed by atoms with Crippen molar-refractivity contribution in [2.24, 2.45) is 0 Å². The van der Waals surface area contributed by atoms with E-state index in [0.717, 1.165) is 28.4 Å². The highest BCUT2D eigenvalue weighted by atomic mass is 32.1. The lowest BCUT2D eigenvalue weighted by atomic mass is 10.2. The van der Waals surface area contributed by atoms with E-state index in [4.69, 9.17) is 9.72 Å². The fourth-order valence-corrected chi connectivity index (χ4v) is 3.28. The molecule has 0 saturated carbocycles. The molecule has 0 saturated heterocycles. The minimum atomic E-state index is 0.116. The Morgan fingerprint density at radius 2 is 1.90 bits per heavy atom. The highest BCUT2D eigenvalue weighted by Gasteiger charge is 2.13. The summed E-state index contributed by atoms with van der Waals surface area (Å²) in [5, 5.41) is 4.13. The summed E-state index contributed by atoms with van der Waals surface area (Å²) in [6, 6.07) is 16.3. The van der Waals surface area contributed by atoms with Gasteiger partial charge in [-0.25, -0.2) is 4.98 Å². The summed E-state index contributed by atoms with van der Waals surface area (Å²) in [5.74, 6) is 0.888. The van der Waals surface area contributed by atoms with Crippen molar-refractivity contribution in [3.05, 3.63) is 48.5 Å². The summed E-state index contributed by atoms with van der Waals surface area (Å²) >= 11 is 1.70. The lowest BCUT2D eigenvalue weighted by Gasteiger charge is -2.16. The van der Waals surface area contributed by atoms with Gasteiger partial charge >= 0.3 is 0 Å². The van der Waals surface area contributed by atoms with E-state index >= 15 is 0 Å². The molecule has 0 aliphatic rings. The number of thiazole rings is 1. The van der Waals surface area contributed by atoms with Crippen molar-refractivity contribution in [2.75, 3.05) is 13.6 Å². The summed E-state index contributed by atoms with van der Waals surface area (Å²) in [5.41, 5.74) is 2.09. The number of para-hydroxylation sites is 2. The van der Waals surface area contributed by atoms with Crippen LogP contribution in [-0.2, 0) is 0 Å². The zero-order valence-electron chi connectivity index (χ0n) is 12.2. The normalized spacial score (nSPS) is 12.5. The van der Waals surface area contributed by atoms with Crippen molar-refractivity contribution in [1.82, 2.24) is 10.3 Å². The van der Waals surface area contributed by atoms with Gasteiger partial charge in [0.2, 0.25) is 0 Å². The number of aromatic nitrogens is 1. The first-order valence-corrected chi connectivity index (χ1v) is 7.86. The van der Waals surface area contributed by atoms with Gasteiger partial charge in [-0.1, -0.05) is 24.3 Å². The third-order valence-corrected chi connectivity index (χ3v) is 4.30. The lowest BCUT2D eigenvalue weighted by molar-refractivity contribution is 0.221. The van der Waals surface area contributed by atoms with Gasteiger partial charge in [-0.05, 0) is 38.2 Å². The third-order valence-electron chi connectivity index (χ3n) is 3.23. The number of fused-ring (bicyclic) bond motifs is 1. The molecule has 3 nitrogen and oxygen atoms in total. The molecule has 0 spiro atoms. The molecule has 0 bridgehead atoms. The van der Waals surface area contributed by atoms with E-state index in [1.54, 1.807) is 11.3 Å². The zero-order chi connectivity index (χ0) is 14.7. The van der Waals surface area contributed by atoms with Crippen LogP contribution in [0, 0.1) is 0 Å². The minimum absolute atomic E-state index is 0.116. The Kier molecular flexibility index (Phi) is 4.18. The molecule has 0 radical (unpaired) electrons. The molecule has 4 heteroatoms. The molecule has 0 amide bonds. The Morgan fingerprint density at radius 1 is 1.14 bits per heavy atom. The van der Waals surface area contributed by atoms with Gasteiger partial charge in [0, 0.05) is 6.54 Å². The molecule has 1 atom stereocenters. The molecule has 1 N–H and O–H groups in total. The van der Waals surface area contributed by atoms with Gasteiger partial charge in [0.25, 0.3) is 0 Å². The number of hydrogen-bond donors (Lipinski definition) is 1. The number of nitrogens with one attached hydrogen (secondary N) is 1. The summed E-state index contributed by atoms with van der Waals surface area (Å²) in [6.45, 7) is 2.87. The van der Waals surface area contributed by atoms with Crippen molar-refractivity contribution in [1.29, 1.82) is 0 Å². The number of benzene rings is 2. The Hall–Kier alpha value is -1.91. The Morgan fingerprint density at radius 3 is 2.71 bits per heavy atom. The summed E-state index contributed by atoms with van der Waals surface area (Å²) in [4.78, 5) is 4.72. The molecule has 1 unspecified atom stereocenters. The van der Waals surface area contributed by atoms with Crippen LogP contribution < -0.4 is 10.1 Å². The first kappa shape index (κ1) is 14.0. The molecule has 3 aromatic rings. The molecule has 0 aliphatic heterocycles. The van der Waals surface area contributed by atoms with Crippen molar-refractivity contribution >= 4 is 21.6 Å². The highest BCUT2D eigenvalue weighted by molar-refractivity contribution is 7.21. The van der Waals surface area contributed by atoms with Gasteiger partial charge in [0.05, 0.1) is 15.8 Å². The topological polar surface area (TPSA) is 34.1 Å². The minimum Gasteiger partial charge on any atom is -0.489 e. The second-order valence-electron chi connectivity index (χ2n) is 4.97. The van der Waals surface area contributed by atoms with E-state index in [2.05, 4.69) is 24.4 Å². The quantitative estimate of drug-likeness (QED) is 0.774. The number of rotatable bonds is 5. The number of ether oxygens (including phenoxy) is 1. The van der Waals surface area contributed by atoms with Crippen LogP contribution in [0.1, 0.15) is 6.92 Å². The number of hydrogen-bond acceptors (Lipinski definition) is 4. The zero-order valence-corrected chi connectivity index (χ0v) is 13.0. The van der Waals surface area contributed by atoms with Gasteiger partial charge < -0.3 is 10.1 Å². The Bertz CT molecular complexity index is 705. The maximum Gasteiger partial charge on any atom is 0.130 e. The van der Waals surface area contributed by atoms with Crippen LogP contribution in [0.15, 0.2) is 48.5 Å². The summed E-state index contributed by atoms with van der Waals surface area (Å²) < 4.78 is 7.24. The van der Waals surface area contributed by atoms with E-state index in [1.807, 2.05) is 43.4 Å². The van der Waals surface area contributed by atoms with Crippen LogP contribution in [0.3, 0.4) is 0 Å². The van der Waals surface area contributed by atoms with Crippen molar-refractivity contribution < 1.29 is 4.74 Å². The Labute approximate surface area is 128 Å². The summed E-state index contributed by atoms with van der Waals surface area (Å²) in [6.07, 6.45) is 0.116. The molecule has 0 fully saturated rings. The van der Waals surface area contributed by atoms with Gasteiger partial charge in [0.1, 0.15) is 16.9 Å². The average Bonchev–Trinajstić information content (AvgIpc) is 2.91. The fraction of sp³-hybridized carbons (Fsp3) is 0.235. The first-order chi connectivity index (χ1) is 10.3. The predicted octanol–water partition coefficient (Wildman–Crippen LogP) is 3.95. The van der Waals surface area contributed by atoms with Crippen LogP contribution in [0.2, 0.25) is 0 Å². The van der Waals surface area contributed by atoms with Gasteiger partial charge in [-0.3, -0.25) is 0 Å². The van der Waals surface area contributed by atoms with Gasteiger partial charge in [-0.2, -0.15) is 0 Å². The maximum absolute atomic E-state index is 6.04. The van der Waals surface area contributed by atoms with E-state index in [0.29, 0.717) is 0 Å². The van der Waals surface area contributed by atoms with Crippen molar-refractivity contribution in [2.45, 2.75) is 13.0 Å². The molecule has 108 valence electrons. The van der Waals surface area contributed by atoms with Gasteiger partial charge in [0.15, 0.2) is 0 Å². The summed E-state index contributed by atoms with van der Waals surface area (Å²) in [7, 11) is 1.93. The smallest absolute Gasteiger partial charge is 0.130 e. The SMILES string of the molecule is CNCC(C)Oc1ccccc1-c1nc2ccccc2s1. The lowest BCUT2D eigenvalue weighted by Crippen LogP contribution is -2.26. The fourth-order valence-electron chi connectivity index (χ4n) is 2.28. The van der Waals surface area contributed by atoms with E-state index in [-0.39, 0.29) is 6.10 Å². The van der Waals surface area contributed by atoms with Crippen molar-refractivity contribution in [3.63, 3.8) is 0 Å². The van der Waals surface area contributed by atoms with Crippen LogP contribution in [0.4, 0.5) is 0 Å². The van der Waals surface area contributed by atoms with Crippen LogP contribution in [-0.4, -0.2) is 24.7 Å². The average molecular weight is 298 g/mol. The molecule has 0 aliphatic carbocycles. The number of likely N-dealkylation sites (N-methyl/N-ethyl adjacent to an activating group) is 1. The molecule has 1 heterocycles. The highest BCUT2D eigenvalue weighted by Crippen LogP contribution is 2.35. The molecular weight excluding hydrogens is 280 g/mol. The van der Waals surface area contributed by atoms with Crippen LogP contribution in [0.5, 0.6) is 5.75 Å². The van der Waals surface area contributed by atoms with Crippen LogP contribution >= 0.6 is 11.3 Å². The Balaban J connectivity index is 1.97. The van der Waals surface area contributed by atoms with E-state index in [9.17, 15) is 0 Å². The third kappa shape index (κ3) is 3.06. The van der Waals surface area contributed by atoms with Gasteiger partial charge in [-0.15, -0.1) is 11.3 Å². The standard InChI is InChI=1S/C17H18N2OS/c1-12(11-18-2)20-15-9-5-3-7-13(15)17-19-14-8-4-6-10-16(14)21-17/h3-10,12,18H,11H2,1-2H3. The monoisotopic (exact) mass is 298 g/mol. The molecule has 2 aromatic carbocycles. The predicted molar refractivity (Wildman–Crippen MR) is 89.1 cm³/mol. The van der Waals surface area contributed by atoms with Crippen molar-refractivity contribution in [3.8, 4) is 16.3 Å².